The van der Waals surface area contributed by atoms with Crippen molar-refractivity contribution >= 4 is 22.5 Å². The smallest absolute Gasteiger partial charge is 0.143 e. The SMILES string of the molecule is CC(Nc1ccc(-c2cc3c(N4CCOCC4)ncnc3[nH]2)cc1)[C@H]1CCN(C2CCNC2)C1. The molecule has 0 bridgehead atoms. The van der Waals surface area contributed by atoms with Crippen molar-refractivity contribution in [2.24, 2.45) is 5.92 Å². The summed E-state index contributed by atoms with van der Waals surface area (Å²) in [5.41, 5.74) is 4.29. The summed E-state index contributed by atoms with van der Waals surface area (Å²) in [6, 6.07) is 12.1. The highest BCUT2D eigenvalue weighted by molar-refractivity contribution is 5.92. The Balaban J connectivity index is 1.13. The summed E-state index contributed by atoms with van der Waals surface area (Å²) in [6.07, 6.45) is 4.22. The van der Waals surface area contributed by atoms with Crippen LogP contribution in [0.25, 0.3) is 22.3 Å². The molecule has 0 saturated carbocycles. The highest BCUT2D eigenvalue weighted by Gasteiger charge is 2.32. The fourth-order valence-corrected chi connectivity index (χ4v) is 5.74. The van der Waals surface area contributed by atoms with E-state index in [1.807, 2.05) is 0 Å². The third kappa shape index (κ3) is 4.37. The van der Waals surface area contributed by atoms with Gasteiger partial charge in [-0.25, -0.2) is 9.97 Å². The number of nitrogens with one attached hydrogen (secondary N) is 3. The number of hydrogen-bond donors (Lipinski definition) is 3. The van der Waals surface area contributed by atoms with Crippen LogP contribution in [0.5, 0.6) is 0 Å². The quantitative estimate of drug-likeness (QED) is 0.521. The second-order valence-electron chi connectivity index (χ2n) is 9.94. The van der Waals surface area contributed by atoms with Gasteiger partial charge in [-0.1, -0.05) is 12.1 Å². The molecule has 1 aromatic carbocycles. The van der Waals surface area contributed by atoms with E-state index in [4.69, 9.17) is 4.74 Å². The number of nitrogens with zero attached hydrogens (tertiary/aromatic N) is 4. The van der Waals surface area contributed by atoms with Crippen LogP contribution < -0.4 is 15.5 Å². The maximum atomic E-state index is 5.50. The Morgan fingerprint density at radius 1 is 1.09 bits per heavy atom. The molecule has 0 radical (unpaired) electrons. The van der Waals surface area contributed by atoms with Gasteiger partial charge in [-0.2, -0.15) is 0 Å². The Morgan fingerprint density at radius 2 is 1.94 bits per heavy atom. The molecule has 2 unspecified atom stereocenters. The normalized spacial score (nSPS) is 24.7. The third-order valence-corrected chi connectivity index (χ3v) is 7.82. The van der Waals surface area contributed by atoms with E-state index in [1.165, 1.54) is 38.2 Å². The fraction of sp³-hybridized carbons (Fsp3) is 0.538. The zero-order valence-corrected chi connectivity index (χ0v) is 20.0. The molecule has 8 heteroatoms. The number of morpholine rings is 1. The minimum absolute atomic E-state index is 0.463. The van der Waals surface area contributed by atoms with Crippen molar-refractivity contribution in [2.75, 3.05) is 62.7 Å². The number of aromatic nitrogens is 3. The van der Waals surface area contributed by atoms with Crippen LogP contribution in [0.4, 0.5) is 11.5 Å². The minimum atomic E-state index is 0.463. The summed E-state index contributed by atoms with van der Waals surface area (Å²) < 4.78 is 5.50. The van der Waals surface area contributed by atoms with Crippen LogP contribution in [0, 0.1) is 5.92 Å². The van der Waals surface area contributed by atoms with Crippen LogP contribution in [0.15, 0.2) is 36.7 Å². The van der Waals surface area contributed by atoms with Crippen molar-refractivity contribution in [3.63, 3.8) is 0 Å². The highest BCUT2D eigenvalue weighted by Crippen LogP contribution is 2.30. The molecule has 0 aliphatic carbocycles. The van der Waals surface area contributed by atoms with Gasteiger partial charge in [0.1, 0.15) is 17.8 Å². The fourth-order valence-electron chi connectivity index (χ4n) is 5.74. The summed E-state index contributed by atoms with van der Waals surface area (Å²) in [6.45, 7) is 10.3. The first-order valence-electron chi connectivity index (χ1n) is 12.7. The molecule has 3 atom stereocenters. The number of hydrogen-bond acceptors (Lipinski definition) is 7. The summed E-state index contributed by atoms with van der Waals surface area (Å²) in [7, 11) is 0. The second kappa shape index (κ2) is 9.52. The molecule has 34 heavy (non-hydrogen) atoms. The molecule has 0 amide bonds. The zero-order chi connectivity index (χ0) is 22.9. The molecule has 3 aliphatic heterocycles. The van der Waals surface area contributed by atoms with Gasteiger partial charge in [-0.05, 0) is 62.5 Å². The Morgan fingerprint density at radius 3 is 2.74 bits per heavy atom. The maximum Gasteiger partial charge on any atom is 0.143 e. The molecule has 3 aliphatic rings. The van der Waals surface area contributed by atoms with E-state index in [1.54, 1.807) is 6.33 Å². The Labute approximate surface area is 201 Å². The van der Waals surface area contributed by atoms with E-state index < -0.39 is 0 Å². The maximum absolute atomic E-state index is 5.50. The molecule has 3 aromatic rings. The van der Waals surface area contributed by atoms with Gasteiger partial charge < -0.3 is 25.3 Å². The van der Waals surface area contributed by atoms with Crippen molar-refractivity contribution in [2.45, 2.75) is 31.8 Å². The lowest BCUT2D eigenvalue weighted by Gasteiger charge is -2.27. The largest absolute Gasteiger partial charge is 0.382 e. The van der Waals surface area contributed by atoms with Gasteiger partial charge in [-0.15, -0.1) is 0 Å². The van der Waals surface area contributed by atoms with Gasteiger partial charge in [0.2, 0.25) is 0 Å². The second-order valence-corrected chi connectivity index (χ2v) is 9.94. The minimum Gasteiger partial charge on any atom is -0.382 e. The van der Waals surface area contributed by atoms with Crippen LogP contribution in [0.2, 0.25) is 0 Å². The first-order chi connectivity index (χ1) is 16.7. The summed E-state index contributed by atoms with van der Waals surface area (Å²) in [5, 5.41) is 8.33. The van der Waals surface area contributed by atoms with E-state index >= 15 is 0 Å². The van der Waals surface area contributed by atoms with Crippen molar-refractivity contribution in [1.29, 1.82) is 0 Å². The summed E-state index contributed by atoms with van der Waals surface area (Å²) >= 11 is 0. The molecule has 8 nitrogen and oxygen atoms in total. The van der Waals surface area contributed by atoms with E-state index in [9.17, 15) is 0 Å². The molecular formula is C26H35N7O. The number of fused-ring (bicyclic) bond motifs is 1. The molecular weight excluding hydrogens is 426 g/mol. The number of anilines is 2. The Kier molecular flexibility index (Phi) is 6.11. The number of rotatable bonds is 6. The van der Waals surface area contributed by atoms with Crippen molar-refractivity contribution in [3.05, 3.63) is 36.7 Å². The zero-order valence-electron chi connectivity index (χ0n) is 20.0. The lowest BCUT2D eigenvalue weighted by molar-refractivity contribution is 0.122. The monoisotopic (exact) mass is 461 g/mol. The van der Waals surface area contributed by atoms with Crippen LogP contribution in [-0.4, -0.2) is 84.4 Å². The number of aromatic amines is 1. The first-order valence-corrected chi connectivity index (χ1v) is 12.7. The van der Waals surface area contributed by atoms with Gasteiger partial charge in [0.15, 0.2) is 0 Å². The van der Waals surface area contributed by atoms with Crippen LogP contribution in [0.1, 0.15) is 19.8 Å². The number of H-pyrrole nitrogens is 1. The molecule has 2 aromatic heterocycles. The predicted molar refractivity (Wildman–Crippen MR) is 136 cm³/mol. The van der Waals surface area contributed by atoms with E-state index in [2.05, 4.69) is 72.6 Å². The molecule has 6 rings (SSSR count). The molecule has 3 saturated heterocycles. The average Bonchev–Trinajstić information content (AvgIpc) is 3.65. The van der Waals surface area contributed by atoms with E-state index in [0.717, 1.165) is 67.0 Å². The lowest BCUT2D eigenvalue weighted by atomic mass is 10.00. The van der Waals surface area contributed by atoms with Crippen molar-refractivity contribution < 1.29 is 4.74 Å². The topological polar surface area (TPSA) is 81.3 Å². The van der Waals surface area contributed by atoms with Gasteiger partial charge >= 0.3 is 0 Å². The van der Waals surface area contributed by atoms with E-state index in [0.29, 0.717) is 12.0 Å². The van der Waals surface area contributed by atoms with Crippen LogP contribution in [0.3, 0.4) is 0 Å². The molecule has 180 valence electrons. The summed E-state index contributed by atoms with van der Waals surface area (Å²) in [4.78, 5) is 17.5. The third-order valence-electron chi connectivity index (χ3n) is 7.82. The van der Waals surface area contributed by atoms with Gasteiger partial charge in [-0.3, -0.25) is 4.90 Å². The number of ether oxygens (including phenoxy) is 1. The number of likely N-dealkylation sites (tertiary alicyclic amines) is 1. The molecule has 3 fully saturated rings. The van der Waals surface area contributed by atoms with Gasteiger partial charge in [0, 0.05) is 49.6 Å². The van der Waals surface area contributed by atoms with E-state index in [-0.39, 0.29) is 0 Å². The van der Waals surface area contributed by atoms with Gasteiger partial charge in [0.25, 0.3) is 0 Å². The van der Waals surface area contributed by atoms with Crippen LogP contribution in [-0.2, 0) is 4.74 Å². The summed E-state index contributed by atoms with van der Waals surface area (Å²) in [5.74, 6) is 1.69. The first kappa shape index (κ1) is 21.8. The number of benzene rings is 1. The Hall–Kier alpha value is -2.68. The lowest BCUT2D eigenvalue weighted by Crippen LogP contribution is -2.36. The van der Waals surface area contributed by atoms with Crippen molar-refractivity contribution in [1.82, 2.24) is 25.2 Å². The molecule has 3 N–H and O–H groups in total. The standard InChI is InChI=1S/C26H35N7O/c1-18(20-7-9-33(16-20)22-6-8-27-15-22)30-21-4-2-19(3-5-21)24-14-23-25(31-24)28-17-29-26(23)32-10-12-34-13-11-32/h2-5,14,17-18,20,22,27,30H,6-13,15-16H2,1H3,(H,28,29,31)/t18?,20-,22?/m0/s1. The van der Waals surface area contributed by atoms with Crippen molar-refractivity contribution in [3.8, 4) is 11.3 Å². The highest BCUT2D eigenvalue weighted by atomic mass is 16.5. The predicted octanol–water partition coefficient (Wildman–Crippen LogP) is 2.95. The Bertz CT molecular complexity index is 1100. The van der Waals surface area contributed by atoms with Crippen LogP contribution >= 0.6 is 0 Å². The molecule has 5 heterocycles. The van der Waals surface area contributed by atoms with Gasteiger partial charge in [0.05, 0.1) is 18.6 Å². The molecule has 0 spiro atoms. The average molecular weight is 462 g/mol.